The highest BCUT2D eigenvalue weighted by Crippen LogP contribution is 2.27. The maximum atomic E-state index is 12.7. The molecule has 6 nitrogen and oxygen atoms in total. The first kappa shape index (κ1) is 17.4. The summed E-state index contributed by atoms with van der Waals surface area (Å²) in [4.78, 5) is 29.9. The van der Waals surface area contributed by atoms with Gasteiger partial charge in [0, 0.05) is 17.5 Å². The van der Waals surface area contributed by atoms with E-state index in [2.05, 4.69) is 4.98 Å². The van der Waals surface area contributed by atoms with Crippen molar-refractivity contribution in [1.82, 2.24) is 9.88 Å². The van der Waals surface area contributed by atoms with Crippen LogP contribution < -0.4 is 4.74 Å². The molecule has 1 fully saturated rings. The highest BCUT2D eigenvalue weighted by Gasteiger charge is 2.33. The summed E-state index contributed by atoms with van der Waals surface area (Å²) in [7, 11) is 0. The average molecular weight is 360 g/mol. The van der Waals surface area contributed by atoms with Gasteiger partial charge >= 0.3 is 5.97 Å². The van der Waals surface area contributed by atoms with Gasteiger partial charge in [0.05, 0.1) is 6.61 Å². The van der Waals surface area contributed by atoms with Crippen LogP contribution in [-0.2, 0) is 4.79 Å². The second kappa shape index (κ2) is 7.65. The fourth-order valence-electron chi connectivity index (χ4n) is 2.94. The zero-order chi connectivity index (χ0) is 17.8. The molecule has 1 amide bonds. The standard InChI is InChI=1S/C18H20N2O4S/c1-2-24-13-8-6-12(7-9-13)16-19-14(11-25-16)17(21)20-10-4-3-5-15(20)18(22)23/h6-9,11,15H,2-5,10H2,1H3,(H,22,23)/t15-/m1/s1. The molecule has 7 heteroatoms. The second-order valence-corrected chi connectivity index (χ2v) is 6.70. The van der Waals surface area contributed by atoms with Crippen molar-refractivity contribution in [2.75, 3.05) is 13.2 Å². The molecule has 1 aliphatic rings. The van der Waals surface area contributed by atoms with E-state index < -0.39 is 12.0 Å². The van der Waals surface area contributed by atoms with Crippen LogP contribution in [0.25, 0.3) is 10.6 Å². The van der Waals surface area contributed by atoms with Crippen molar-refractivity contribution in [3.05, 3.63) is 35.3 Å². The minimum Gasteiger partial charge on any atom is -0.494 e. The molecular formula is C18H20N2O4S. The Morgan fingerprint density at radius 1 is 1.32 bits per heavy atom. The lowest BCUT2D eigenvalue weighted by Crippen LogP contribution is -2.48. The van der Waals surface area contributed by atoms with Crippen LogP contribution in [0, 0.1) is 0 Å². The Morgan fingerprint density at radius 2 is 2.08 bits per heavy atom. The summed E-state index contributed by atoms with van der Waals surface area (Å²) >= 11 is 1.38. The molecule has 1 saturated heterocycles. The number of hydrogen-bond donors (Lipinski definition) is 1. The quantitative estimate of drug-likeness (QED) is 0.885. The Hall–Kier alpha value is -2.41. The number of hydrogen-bond acceptors (Lipinski definition) is 5. The largest absolute Gasteiger partial charge is 0.494 e. The highest BCUT2D eigenvalue weighted by molar-refractivity contribution is 7.13. The maximum Gasteiger partial charge on any atom is 0.326 e. The van der Waals surface area contributed by atoms with Crippen molar-refractivity contribution in [3.63, 3.8) is 0 Å². The number of carboxylic acid groups (broad SMARTS) is 1. The molecule has 3 rings (SSSR count). The molecule has 132 valence electrons. The van der Waals surface area contributed by atoms with Gasteiger partial charge in [0.1, 0.15) is 22.5 Å². The van der Waals surface area contributed by atoms with Gasteiger partial charge in [-0.15, -0.1) is 11.3 Å². The number of piperidine rings is 1. The number of nitrogens with zero attached hydrogens (tertiary/aromatic N) is 2. The number of aromatic nitrogens is 1. The number of amides is 1. The summed E-state index contributed by atoms with van der Waals surface area (Å²) in [6.07, 6.45) is 2.15. The summed E-state index contributed by atoms with van der Waals surface area (Å²) < 4.78 is 5.42. The molecule has 1 atom stereocenters. The molecule has 1 N–H and O–H groups in total. The Labute approximate surface area is 150 Å². The number of rotatable bonds is 5. The van der Waals surface area contributed by atoms with Gasteiger partial charge in [0.2, 0.25) is 0 Å². The van der Waals surface area contributed by atoms with E-state index in [0.717, 1.165) is 29.2 Å². The first-order valence-electron chi connectivity index (χ1n) is 8.32. The van der Waals surface area contributed by atoms with Crippen LogP contribution >= 0.6 is 11.3 Å². The molecule has 0 aliphatic carbocycles. The normalized spacial score (nSPS) is 17.3. The fourth-order valence-corrected chi connectivity index (χ4v) is 3.74. The van der Waals surface area contributed by atoms with E-state index in [1.165, 1.54) is 16.2 Å². The van der Waals surface area contributed by atoms with E-state index in [0.29, 0.717) is 25.3 Å². The molecule has 25 heavy (non-hydrogen) atoms. The zero-order valence-corrected chi connectivity index (χ0v) is 14.8. The van der Waals surface area contributed by atoms with E-state index >= 15 is 0 Å². The maximum absolute atomic E-state index is 12.7. The molecule has 2 aromatic rings. The summed E-state index contributed by atoms with van der Waals surface area (Å²) in [6, 6.07) is 6.79. The predicted octanol–water partition coefficient (Wildman–Crippen LogP) is 3.29. The van der Waals surface area contributed by atoms with Crippen molar-refractivity contribution in [2.45, 2.75) is 32.2 Å². The number of carbonyl (C=O) groups excluding carboxylic acids is 1. The molecule has 0 radical (unpaired) electrons. The smallest absolute Gasteiger partial charge is 0.326 e. The summed E-state index contributed by atoms with van der Waals surface area (Å²) in [5, 5.41) is 11.8. The van der Waals surface area contributed by atoms with E-state index in [4.69, 9.17) is 4.74 Å². The van der Waals surface area contributed by atoms with Crippen LogP contribution in [0.1, 0.15) is 36.7 Å². The lowest BCUT2D eigenvalue weighted by atomic mass is 10.0. The summed E-state index contributed by atoms with van der Waals surface area (Å²) in [6.45, 7) is 3.00. The molecule has 2 heterocycles. The molecule has 0 spiro atoms. The molecule has 1 aromatic carbocycles. The van der Waals surface area contributed by atoms with Gasteiger partial charge in [-0.05, 0) is 50.5 Å². The van der Waals surface area contributed by atoms with Gasteiger partial charge in [-0.3, -0.25) is 4.79 Å². The minimum absolute atomic E-state index is 0.305. The SMILES string of the molecule is CCOc1ccc(-c2nc(C(=O)N3CCCC[C@@H]3C(=O)O)cs2)cc1. The topological polar surface area (TPSA) is 79.7 Å². The van der Waals surface area contributed by atoms with Crippen LogP contribution in [0.4, 0.5) is 0 Å². The van der Waals surface area contributed by atoms with Gasteiger partial charge in [0.15, 0.2) is 0 Å². The molecule has 1 aromatic heterocycles. The van der Waals surface area contributed by atoms with E-state index in [9.17, 15) is 14.7 Å². The monoisotopic (exact) mass is 360 g/mol. The predicted molar refractivity (Wildman–Crippen MR) is 95.0 cm³/mol. The van der Waals surface area contributed by atoms with Crippen LogP contribution in [0.5, 0.6) is 5.75 Å². The van der Waals surface area contributed by atoms with Crippen LogP contribution in [0.15, 0.2) is 29.6 Å². The summed E-state index contributed by atoms with van der Waals surface area (Å²) in [5.41, 5.74) is 1.21. The van der Waals surface area contributed by atoms with Crippen molar-refractivity contribution in [2.24, 2.45) is 0 Å². The number of likely N-dealkylation sites (tertiary alicyclic amines) is 1. The molecule has 1 aliphatic heterocycles. The fraction of sp³-hybridized carbons (Fsp3) is 0.389. The highest BCUT2D eigenvalue weighted by atomic mass is 32.1. The number of benzene rings is 1. The van der Waals surface area contributed by atoms with Crippen LogP contribution in [0.3, 0.4) is 0 Å². The Bertz CT molecular complexity index is 757. The first-order valence-corrected chi connectivity index (χ1v) is 9.20. The number of carboxylic acids is 1. The van der Waals surface area contributed by atoms with Crippen molar-refractivity contribution < 1.29 is 19.4 Å². The van der Waals surface area contributed by atoms with Crippen LogP contribution in [-0.4, -0.2) is 46.1 Å². The lowest BCUT2D eigenvalue weighted by Gasteiger charge is -2.32. The number of ether oxygens (including phenoxy) is 1. The Kier molecular flexibility index (Phi) is 5.33. The van der Waals surface area contributed by atoms with E-state index in [1.807, 2.05) is 31.2 Å². The van der Waals surface area contributed by atoms with Gasteiger partial charge in [-0.25, -0.2) is 9.78 Å². The Balaban J connectivity index is 1.78. The van der Waals surface area contributed by atoms with Gasteiger partial charge < -0.3 is 14.7 Å². The lowest BCUT2D eigenvalue weighted by molar-refractivity contribution is -0.143. The van der Waals surface area contributed by atoms with E-state index in [-0.39, 0.29) is 5.91 Å². The van der Waals surface area contributed by atoms with Crippen molar-refractivity contribution >= 4 is 23.2 Å². The third-order valence-corrected chi connectivity index (χ3v) is 5.08. The van der Waals surface area contributed by atoms with Gasteiger partial charge in [-0.2, -0.15) is 0 Å². The third-order valence-electron chi connectivity index (χ3n) is 4.18. The summed E-state index contributed by atoms with van der Waals surface area (Å²) in [5.74, 6) is -0.465. The van der Waals surface area contributed by atoms with Crippen molar-refractivity contribution in [3.8, 4) is 16.3 Å². The molecule has 0 saturated carbocycles. The third kappa shape index (κ3) is 3.82. The van der Waals surface area contributed by atoms with Gasteiger partial charge in [-0.1, -0.05) is 0 Å². The second-order valence-electron chi connectivity index (χ2n) is 5.84. The van der Waals surface area contributed by atoms with Crippen LogP contribution in [0.2, 0.25) is 0 Å². The molecular weight excluding hydrogens is 340 g/mol. The number of aliphatic carboxylic acids is 1. The Morgan fingerprint density at radius 3 is 2.76 bits per heavy atom. The van der Waals surface area contributed by atoms with E-state index in [1.54, 1.807) is 5.38 Å². The zero-order valence-electron chi connectivity index (χ0n) is 14.0. The molecule has 0 bridgehead atoms. The number of thiazole rings is 1. The van der Waals surface area contributed by atoms with Gasteiger partial charge in [0.25, 0.3) is 5.91 Å². The minimum atomic E-state index is -0.949. The number of carbonyl (C=O) groups is 2. The average Bonchev–Trinajstić information content (AvgIpc) is 3.12. The van der Waals surface area contributed by atoms with Crippen molar-refractivity contribution in [1.29, 1.82) is 0 Å². The first-order chi connectivity index (χ1) is 12.1. The molecule has 0 unspecified atom stereocenters.